The van der Waals surface area contributed by atoms with Crippen molar-refractivity contribution in [1.29, 1.82) is 0 Å². The number of ketones is 1. The number of hydrogen-bond acceptors (Lipinski definition) is 4. The molecule has 5 heteroatoms. The van der Waals surface area contributed by atoms with Crippen LogP contribution >= 0.6 is 11.8 Å². The van der Waals surface area contributed by atoms with Gasteiger partial charge in [0.1, 0.15) is 5.75 Å². The van der Waals surface area contributed by atoms with Crippen LogP contribution in [0.2, 0.25) is 0 Å². The van der Waals surface area contributed by atoms with Crippen molar-refractivity contribution in [3.63, 3.8) is 0 Å². The van der Waals surface area contributed by atoms with Gasteiger partial charge in [-0.2, -0.15) is 0 Å². The molecule has 0 aliphatic carbocycles. The molecule has 132 valence electrons. The highest BCUT2D eigenvalue weighted by molar-refractivity contribution is 8.13. The van der Waals surface area contributed by atoms with E-state index in [1.54, 1.807) is 13.0 Å². The predicted octanol–water partition coefficient (Wildman–Crippen LogP) is 4.78. The molecule has 2 aromatic carbocycles. The van der Waals surface area contributed by atoms with Crippen LogP contribution in [0.3, 0.4) is 0 Å². The van der Waals surface area contributed by atoms with Crippen molar-refractivity contribution < 1.29 is 9.53 Å². The molecule has 4 nitrogen and oxygen atoms in total. The van der Waals surface area contributed by atoms with E-state index in [9.17, 15) is 4.79 Å². The summed E-state index contributed by atoms with van der Waals surface area (Å²) in [7, 11) is 0. The Kier molecular flexibility index (Phi) is 6.65. The number of amidine groups is 1. The van der Waals surface area contributed by atoms with Crippen LogP contribution in [0.4, 0.5) is 5.69 Å². The lowest BCUT2D eigenvalue weighted by atomic mass is 10.1. The van der Waals surface area contributed by atoms with Crippen molar-refractivity contribution in [3.05, 3.63) is 58.7 Å². The number of thioether (sulfide) groups is 1. The van der Waals surface area contributed by atoms with Gasteiger partial charge in [-0.15, -0.1) is 0 Å². The van der Waals surface area contributed by atoms with E-state index in [0.717, 1.165) is 28.1 Å². The van der Waals surface area contributed by atoms with Crippen LogP contribution in [-0.4, -0.2) is 17.6 Å². The molecule has 0 heterocycles. The summed E-state index contributed by atoms with van der Waals surface area (Å²) < 4.78 is 5.65. The van der Waals surface area contributed by atoms with E-state index >= 15 is 0 Å². The predicted molar refractivity (Wildman–Crippen MR) is 106 cm³/mol. The molecule has 0 saturated carbocycles. The fraction of sp³-hybridized carbons (Fsp3) is 0.300. The van der Waals surface area contributed by atoms with Crippen molar-refractivity contribution in [1.82, 2.24) is 0 Å². The van der Waals surface area contributed by atoms with Gasteiger partial charge in [-0.05, 0) is 63.1 Å². The number of ether oxygens (including phenoxy) is 1. The van der Waals surface area contributed by atoms with Gasteiger partial charge in [-0.25, -0.2) is 4.99 Å². The molecule has 0 radical (unpaired) electrons. The first kappa shape index (κ1) is 19.1. The number of hydrogen-bond donors (Lipinski definition) is 1. The van der Waals surface area contributed by atoms with Crippen molar-refractivity contribution >= 4 is 28.4 Å². The Morgan fingerprint density at radius 1 is 1.20 bits per heavy atom. The molecule has 0 saturated heterocycles. The fourth-order valence-corrected chi connectivity index (χ4v) is 3.04. The first-order valence-corrected chi connectivity index (χ1v) is 9.20. The molecular formula is C20H24N2O2S. The van der Waals surface area contributed by atoms with Gasteiger partial charge < -0.3 is 10.5 Å². The second kappa shape index (κ2) is 8.72. The topological polar surface area (TPSA) is 64.7 Å². The average Bonchev–Trinajstić information content (AvgIpc) is 2.57. The van der Waals surface area contributed by atoms with Crippen LogP contribution < -0.4 is 10.5 Å². The number of nitrogens with two attached hydrogens (primary N) is 1. The first-order valence-electron chi connectivity index (χ1n) is 8.21. The van der Waals surface area contributed by atoms with Crippen molar-refractivity contribution in [2.24, 2.45) is 10.7 Å². The van der Waals surface area contributed by atoms with Gasteiger partial charge in [0.25, 0.3) is 0 Å². The third kappa shape index (κ3) is 5.36. The van der Waals surface area contributed by atoms with Gasteiger partial charge in [-0.3, -0.25) is 4.79 Å². The Bertz CT molecular complexity index is 800. The minimum atomic E-state index is 0.0336. The highest BCUT2D eigenvalue weighted by Crippen LogP contribution is 2.27. The van der Waals surface area contributed by atoms with Crippen molar-refractivity contribution in [3.8, 4) is 5.75 Å². The van der Waals surface area contributed by atoms with Crippen molar-refractivity contribution in [2.45, 2.75) is 33.4 Å². The lowest BCUT2D eigenvalue weighted by molar-refractivity contribution is 0.101. The highest BCUT2D eigenvalue weighted by atomic mass is 32.2. The average molecular weight is 356 g/mol. The Morgan fingerprint density at radius 2 is 1.96 bits per heavy atom. The fourth-order valence-electron chi connectivity index (χ4n) is 2.35. The third-order valence-corrected chi connectivity index (χ3v) is 4.58. The molecule has 0 bridgehead atoms. The molecule has 0 spiro atoms. The maximum absolute atomic E-state index is 11.6. The number of carbonyl (C=O) groups is 1. The lowest BCUT2D eigenvalue weighted by Crippen LogP contribution is -2.07. The molecule has 0 aliphatic rings. The lowest BCUT2D eigenvalue weighted by Gasteiger charge is -2.11. The molecule has 0 aromatic heterocycles. The van der Waals surface area contributed by atoms with E-state index in [0.29, 0.717) is 23.1 Å². The van der Waals surface area contributed by atoms with Gasteiger partial charge >= 0.3 is 0 Å². The second-order valence-corrected chi connectivity index (χ2v) is 6.84. The van der Waals surface area contributed by atoms with Crippen molar-refractivity contribution in [2.75, 3.05) is 6.61 Å². The SMILES string of the molecule is CCOc1ccc(C(C)=O)cc1CSC(N)=Nc1cc(C)ccc1C. The van der Waals surface area contributed by atoms with Gasteiger partial charge in [-0.1, -0.05) is 23.9 Å². The normalized spacial score (nSPS) is 11.4. The monoisotopic (exact) mass is 356 g/mol. The Hall–Kier alpha value is -2.27. The molecule has 2 aromatic rings. The molecule has 2 rings (SSSR count). The summed E-state index contributed by atoms with van der Waals surface area (Å²) >= 11 is 1.44. The van der Waals surface area contributed by atoms with Gasteiger partial charge in [0.2, 0.25) is 0 Å². The van der Waals surface area contributed by atoms with E-state index in [1.807, 2.05) is 45.0 Å². The molecule has 0 unspecified atom stereocenters. The largest absolute Gasteiger partial charge is 0.494 e. The van der Waals surface area contributed by atoms with E-state index in [-0.39, 0.29) is 5.78 Å². The Balaban J connectivity index is 2.18. The summed E-state index contributed by atoms with van der Waals surface area (Å²) in [5, 5.41) is 0.490. The molecule has 0 aliphatic heterocycles. The molecular weight excluding hydrogens is 332 g/mol. The van der Waals surface area contributed by atoms with E-state index in [2.05, 4.69) is 11.1 Å². The smallest absolute Gasteiger partial charge is 0.159 e. The third-order valence-electron chi connectivity index (χ3n) is 3.74. The standard InChI is InChI=1S/C20H24N2O2S/c1-5-24-19-9-8-16(15(4)23)11-17(19)12-25-20(21)22-18-10-13(2)6-7-14(18)3/h6-11H,5,12H2,1-4H3,(H2,21,22). The summed E-state index contributed by atoms with van der Waals surface area (Å²) in [6.45, 7) is 8.11. The summed E-state index contributed by atoms with van der Waals surface area (Å²) in [6.07, 6.45) is 0. The van der Waals surface area contributed by atoms with Crippen LogP contribution in [-0.2, 0) is 5.75 Å². The minimum Gasteiger partial charge on any atom is -0.494 e. The summed E-state index contributed by atoms with van der Waals surface area (Å²) in [4.78, 5) is 16.1. The first-order chi connectivity index (χ1) is 11.9. The Labute approximate surface area is 153 Å². The summed E-state index contributed by atoms with van der Waals surface area (Å²) in [5.74, 6) is 1.40. The maximum Gasteiger partial charge on any atom is 0.159 e. The number of nitrogens with zero attached hydrogens (tertiary/aromatic N) is 1. The Morgan fingerprint density at radius 3 is 2.64 bits per heavy atom. The van der Waals surface area contributed by atoms with Crippen LogP contribution in [0, 0.1) is 13.8 Å². The molecule has 2 N–H and O–H groups in total. The maximum atomic E-state index is 11.6. The number of benzene rings is 2. The van der Waals surface area contributed by atoms with Crippen LogP contribution in [0.5, 0.6) is 5.75 Å². The quantitative estimate of drug-likeness (QED) is 0.459. The zero-order valence-electron chi connectivity index (χ0n) is 15.1. The number of rotatable bonds is 6. The van der Waals surface area contributed by atoms with Gasteiger partial charge in [0.05, 0.1) is 12.3 Å². The summed E-state index contributed by atoms with van der Waals surface area (Å²) in [6, 6.07) is 11.6. The van der Waals surface area contributed by atoms with Crippen LogP contribution in [0.15, 0.2) is 41.4 Å². The van der Waals surface area contributed by atoms with Crippen LogP contribution in [0.25, 0.3) is 0 Å². The number of carbonyl (C=O) groups excluding carboxylic acids is 1. The molecule has 0 atom stereocenters. The second-order valence-electron chi connectivity index (χ2n) is 5.84. The van der Waals surface area contributed by atoms with E-state index in [4.69, 9.17) is 10.5 Å². The molecule has 0 amide bonds. The van der Waals surface area contributed by atoms with Gasteiger partial charge in [0.15, 0.2) is 11.0 Å². The minimum absolute atomic E-state index is 0.0336. The highest BCUT2D eigenvalue weighted by Gasteiger charge is 2.09. The van der Waals surface area contributed by atoms with E-state index < -0.39 is 0 Å². The van der Waals surface area contributed by atoms with E-state index in [1.165, 1.54) is 11.8 Å². The zero-order chi connectivity index (χ0) is 18.4. The van der Waals surface area contributed by atoms with Gasteiger partial charge in [0, 0.05) is 16.9 Å². The number of Topliss-reactive ketones (excluding diaryl/α,β-unsaturated/α-hetero) is 1. The zero-order valence-corrected chi connectivity index (χ0v) is 15.9. The summed E-state index contributed by atoms with van der Waals surface area (Å²) in [5.41, 5.74) is 10.8. The van der Waals surface area contributed by atoms with Crippen LogP contribution in [0.1, 0.15) is 40.9 Å². The number of aliphatic imine (C=N–C) groups is 1. The molecule has 25 heavy (non-hydrogen) atoms. The number of aryl methyl sites for hydroxylation is 2. The molecule has 0 fully saturated rings.